The predicted octanol–water partition coefficient (Wildman–Crippen LogP) is 4.03. The van der Waals surface area contributed by atoms with Crippen LogP contribution in [0.3, 0.4) is 0 Å². The first-order chi connectivity index (χ1) is 9.26. The average Bonchev–Trinajstić information content (AvgIpc) is 3.15. The summed E-state index contributed by atoms with van der Waals surface area (Å²) in [5, 5.41) is 3.65. The second kappa shape index (κ2) is 5.94. The van der Waals surface area contributed by atoms with Crippen LogP contribution in [0.15, 0.2) is 28.7 Å². The van der Waals surface area contributed by atoms with Crippen molar-refractivity contribution in [1.29, 1.82) is 0 Å². The third-order valence-corrected chi connectivity index (χ3v) is 4.79. The van der Waals surface area contributed by atoms with Crippen LogP contribution in [0.1, 0.15) is 44.1 Å². The molecule has 19 heavy (non-hydrogen) atoms. The van der Waals surface area contributed by atoms with E-state index in [0.29, 0.717) is 0 Å². The smallest absolute Gasteiger partial charge is 0.0810 e. The van der Waals surface area contributed by atoms with Crippen LogP contribution >= 0.6 is 15.9 Å². The zero-order valence-electron chi connectivity index (χ0n) is 11.3. The molecule has 0 radical (unpaired) electrons. The molecule has 0 aromatic heterocycles. The van der Waals surface area contributed by atoms with Gasteiger partial charge in [-0.3, -0.25) is 0 Å². The van der Waals surface area contributed by atoms with Crippen molar-refractivity contribution in [1.82, 2.24) is 5.32 Å². The van der Waals surface area contributed by atoms with Gasteiger partial charge in [0.15, 0.2) is 0 Å². The fourth-order valence-electron chi connectivity index (χ4n) is 2.83. The summed E-state index contributed by atoms with van der Waals surface area (Å²) in [5.41, 5.74) is 1.36. The lowest BCUT2D eigenvalue weighted by Gasteiger charge is -2.30. The van der Waals surface area contributed by atoms with Crippen molar-refractivity contribution in [3.63, 3.8) is 0 Å². The van der Waals surface area contributed by atoms with Gasteiger partial charge in [-0.2, -0.15) is 0 Å². The Kier molecular flexibility index (Phi) is 4.25. The molecule has 0 unspecified atom stereocenters. The van der Waals surface area contributed by atoms with Gasteiger partial charge in [0.25, 0.3) is 0 Å². The Morgan fingerprint density at radius 1 is 1.16 bits per heavy atom. The van der Waals surface area contributed by atoms with Crippen molar-refractivity contribution in [3.05, 3.63) is 34.3 Å². The Balaban J connectivity index is 1.56. The maximum Gasteiger partial charge on any atom is 0.0810 e. The fourth-order valence-corrected chi connectivity index (χ4v) is 3.09. The van der Waals surface area contributed by atoms with Crippen LogP contribution in [0.2, 0.25) is 0 Å². The minimum Gasteiger partial charge on any atom is -0.369 e. The molecule has 2 aliphatic carbocycles. The first-order valence-electron chi connectivity index (χ1n) is 7.38. The second-order valence-corrected chi connectivity index (χ2v) is 6.88. The highest BCUT2D eigenvalue weighted by Crippen LogP contribution is 2.34. The number of hydrogen-bond acceptors (Lipinski definition) is 2. The standard InChI is InChI=1S/C16H22BrNO/c17-14-5-3-13(4-6-14)11-19-16(9-1-2-10-16)12-18-15-7-8-15/h3-6,15,18H,1-2,7-12H2. The monoisotopic (exact) mass is 323 g/mol. The highest BCUT2D eigenvalue weighted by Gasteiger charge is 2.36. The number of nitrogens with one attached hydrogen (secondary N) is 1. The SMILES string of the molecule is Brc1ccc(COC2(CNC3CC3)CCCC2)cc1. The largest absolute Gasteiger partial charge is 0.369 e. The molecule has 2 fully saturated rings. The van der Waals surface area contributed by atoms with E-state index in [-0.39, 0.29) is 5.60 Å². The molecular formula is C16H22BrNO. The Labute approximate surface area is 124 Å². The van der Waals surface area contributed by atoms with Crippen molar-refractivity contribution >= 4 is 15.9 Å². The van der Waals surface area contributed by atoms with Gasteiger partial charge >= 0.3 is 0 Å². The van der Waals surface area contributed by atoms with E-state index in [4.69, 9.17) is 4.74 Å². The Bertz CT molecular complexity index is 407. The molecule has 104 valence electrons. The lowest BCUT2D eigenvalue weighted by molar-refractivity contribution is -0.0506. The molecule has 3 rings (SSSR count). The van der Waals surface area contributed by atoms with Crippen LogP contribution in [-0.4, -0.2) is 18.2 Å². The van der Waals surface area contributed by atoms with Gasteiger partial charge in [0.05, 0.1) is 12.2 Å². The third-order valence-electron chi connectivity index (χ3n) is 4.26. The topological polar surface area (TPSA) is 21.3 Å². The van der Waals surface area contributed by atoms with Crippen LogP contribution in [0.25, 0.3) is 0 Å². The second-order valence-electron chi connectivity index (χ2n) is 5.96. The zero-order chi connectivity index (χ0) is 13.1. The van der Waals surface area contributed by atoms with Gasteiger partial charge in [0, 0.05) is 17.1 Å². The molecule has 0 spiro atoms. The predicted molar refractivity (Wildman–Crippen MR) is 81.2 cm³/mol. The molecule has 2 saturated carbocycles. The molecular weight excluding hydrogens is 302 g/mol. The van der Waals surface area contributed by atoms with E-state index < -0.39 is 0 Å². The molecule has 0 saturated heterocycles. The summed E-state index contributed by atoms with van der Waals surface area (Å²) in [6, 6.07) is 9.22. The number of hydrogen-bond donors (Lipinski definition) is 1. The number of rotatable bonds is 6. The van der Waals surface area contributed by atoms with Crippen molar-refractivity contribution in [2.45, 2.75) is 56.8 Å². The molecule has 0 amide bonds. The van der Waals surface area contributed by atoms with E-state index in [1.165, 1.54) is 44.1 Å². The minimum atomic E-state index is 0.0929. The summed E-state index contributed by atoms with van der Waals surface area (Å²) >= 11 is 3.47. The normalized spacial score (nSPS) is 21.7. The van der Waals surface area contributed by atoms with Crippen molar-refractivity contribution in [2.75, 3.05) is 6.54 Å². The van der Waals surface area contributed by atoms with Gasteiger partial charge in [-0.25, -0.2) is 0 Å². The van der Waals surface area contributed by atoms with Crippen molar-refractivity contribution in [3.8, 4) is 0 Å². The fraction of sp³-hybridized carbons (Fsp3) is 0.625. The molecule has 1 aromatic carbocycles. The molecule has 0 atom stereocenters. The summed E-state index contributed by atoms with van der Waals surface area (Å²) in [5.74, 6) is 0. The molecule has 0 aliphatic heterocycles. The first kappa shape index (κ1) is 13.6. The van der Waals surface area contributed by atoms with E-state index >= 15 is 0 Å². The highest BCUT2D eigenvalue weighted by molar-refractivity contribution is 9.10. The highest BCUT2D eigenvalue weighted by atomic mass is 79.9. The minimum absolute atomic E-state index is 0.0929. The first-order valence-corrected chi connectivity index (χ1v) is 8.17. The van der Waals surface area contributed by atoms with Gasteiger partial charge < -0.3 is 10.1 Å². The Morgan fingerprint density at radius 3 is 2.47 bits per heavy atom. The van der Waals surface area contributed by atoms with Gasteiger partial charge in [-0.15, -0.1) is 0 Å². The van der Waals surface area contributed by atoms with E-state index in [1.54, 1.807) is 0 Å². The molecule has 2 aliphatic rings. The molecule has 3 heteroatoms. The molecule has 1 N–H and O–H groups in total. The lowest BCUT2D eigenvalue weighted by Crippen LogP contribution is -2.41. The zero-order valence-corrected chi connectivity index (χ0v) is 12.9. The van der Waals surface area contributed by atoms with Crippen LogP contribution in [0.5, 0.6) is 0 Å². The van der Waals surface area contributed by atoms with Crippen LogP contribution in [0, 0.1) is 0 Å². The van der Waals surface area contributed by atoms with Gasteiger partial charge in [-0.05, 0) is 43.4 Å². The molecule has 2 nitrogen and oxygen atoms in total. The molecule has 0 bridgehead atoms. The van der Waals surface area contributed by atoms with Crippen molar-refractivity contribution in [2.24, 2.45) is 0 Å². The van der Waals surface area contributed by atoms with Crippen molar-refractivity contribution < 1.29 is 4.74 Å². The maximum atomic E-state index is 6.32. The van der Waals surface area contributed by atoms with Crippen LogP contribution < -0.4 is 5.32 Å². The molecule has 1 aromatic rings. The summed E-state index contributed by atoms with van der Waals surface area (Å²) in [4.78, 5) is 0. The Morgan fingerprint density at radius 2 is 1.84 bits per heavy atom. The van der Waals surface area contributed by atoms with Crippen LogP contribution in [0.4, 0.5) is 0 Å². The van der Waals surface area contributed by atoms with E-state index in [1.807, 2.05) is 0 Å². The summed E-state index contributed by atoms with van der Waals surface area (Å²) < 4.78 is 7.44. The number of halogens is 1. The molecule has 0 heterocycles. The van der Waals surface area contributed by atoms with E-state index in [9.17, 15) is 0 Å². The summed E-state index contributed by atoms with van der Waals surface area (Å²) in [6.07, 6.45) is 7.75. The van der Waals surface area contributed by atoms with Gasteiger partial charge in [0.2, 0.25) is 0 Å². The van der Waals surface area contributed by atoms with Gasteiger partial charge in [0.1, 0.15) is 0 Å². The number of ether oxygens (including phenoxy) is 1. The average molecular weight is 324 g/mol. The van der Waals surface area contributed by atoms with E-state index in [2.05, 4.69) is 45.5 Å². The summed E-state index contributed by atoms with van der Waals surface area (Å²) in [6.45, 7) is 1.77. The summed E-state index contributed by atoms with van der Waals surface area (Å²) in [7, 11) is 0. The third kappa shape index (κ3) is 3.80. The van der Waals surface area contributed by atoms with Crippen LogP contribution in [-0.2, 0) is 11.3 Å². The maximum absolute atomic E-state index is 6.32. The Hall–Kier alpha value is -0.380. The quantitative estimate of drug-likeness (QED) is 0.853. The van der Waals surface area contributed by atoms with Gasteiger partial charge in [-0.1, -0.05) is 40.9 Å². The number of benzene rings is 1. The lowest BCUT2D eigenvalue weighted by atomic mass is 10.0. The van der Waals surface area contributed by atoms with E-state index in [0.717, 1.165) is 23.7 Å².